The Hall–Kier alpha value is -1.18. The molecule has 0 fully saturated rings. The average molecular weight is 346 g/mol. The Bertz CT molecular complexity index is 764. The van der Waals surface area contributed by atoms with E-state index >= 15 is 0 Å². The predicted octanol–water partition coefficient (Wildman–Crippen LogP) is 2.68. The Balaban J connectivity index is 2.14. The van der Waals surface area contributed by atoms with Crippen molar-refractivity contribution in [3.8, 4) is 0 Å². The van der Waals surface area contributed by atoms with E-state index in [2.05, 4.69) is 9.51 Å². The molecule has 0 aliphatic rings. The normalized spacial score (nSPS) is 13.6. The van der Waals surface area contributed by atoms with Crippen molar-refractivity contribution in [3.05, 3.63) is 35.9 Å². The van der Waals surface area contributed by atoms with Crippen LogP contribution in [0.15, 0.2) is 40.3 Å². The minimum atomic E-state index is -3.52. The van der Waals surface area contributed by atoms with E-state index < -0.39 is 18.1 Å². The van der Waals surface area contributed by atoms with Gasteiger partial charge in [-0.3, -0.25) is 0 Å². The third-order valence-electron chi connectivity index (χ3n) is 2.59. The van der Waals surface area contributed by atoms with Gasteiger partial charge in [0.2, 0.25) is 14.2 Å². The molecule has 9 heteroatoms. The maximum Gasteiger partial charge on any atom is 0.695 e. The van der Waals surface area contributed by atoms with Gasteiger partial charge < -0.3 is 0 Å². The molecule has 112 valence electrons. The molecule has 1 aromatic heterocycles. The second kappa shape index (κ2) is 6.72. The Labute approximate surface area is 127 Å². The van der Waals surface area contributed by atoms with Crippen LogP contribution < -0.4 is 0 Å². The van der Waals surface area contributed by atoms with E-state index in [-0.39, 0.29) is 16.7 Å². The average Bonchev–Trinajstić information content (AvgIpc) is 2.87. The van der Waals surface area contributed by atoms with Gasteiger partial charge in [0, 0.05) is 4.57 Å². The van der Waals surface area contributed by atoms with Crippen LogP contribution in [-0.4, -0.2) is 30.7 Å². The Kier molecular flexibility index (Phi) is 5.18. The Morgan fingerprint density at radius 1 is 1.48 bits per heavy atom. The molecule has 1 heterocycles. The van der Waals surface area contributed by atoms with Crippen LogP contribution in [0.5, 0.6) is 0 Å². The van der Waals surface area contributed by atoms with E-state index in [0.717, 1.165) is 16.0 Å². The molecule has 0 aliphatic carbocycles. The van der Waals surface area contributed by atoms with Gasteiger partial charge in [-0.2, -0.15) is 0 Å². The van der Waals surface area contributed by atoms with Crippen molar-refractivity contribution in [1.82, 2.24) is 4.98 Å². The van der Waals surface area contributed by atoms with Gasteiger partial charge in [0.1, 0.15) is 6.61 Å². The third kappa shape index (κ3) is 4.39. The highest BCUT2D eigenvalue weighted by atomic mass is 32.2. The van der Waals surface area contributed by atoms with Crippen LogP contribution in [0.25, 0.3) is 10.2 Å². The second-order valence-corrected chi connectivity index (χ2v) is 8.26. The quantitative estimate of drug-likeness (QED) is 0.638. The lowest BCUT2D eigenvalue weighted by Gasteiger charge is -1.97. The van der Waals surface area contributed by atoms with Gasteiger partial charge >= 0.3 is 8.25 Å². The molecule has 0 aliphatic heterocycles. The summed E-state index contributed by atoms with van der Waals surface area (Å²) in [5.41, 5.74) is 1.22. The molecule has 0 saturated heterocycles. The van der Waals surface area contributed by atoms with Crippen molar-refractivity contribution in [3.63, 3.8) is 0 Å². The molecule has 6 nitrogen and oxygen atoms in total. The molecule has 1 N–H and O–H groups in total. The molecular formula is C12H13NO5PS2+. The molecule has 0 spiro atoms. The Morgan fingerprint density at radius 2 is 2.19 bits per heavy atom. The number of hydrogen-bond donors (Lipinski definition) is 1. The molecule has 1 unspecified atom stereocenters. The zero-order valence-electron chi connectivity index (χ0n) is 11.1. The monoisotopic (exact) mass is 346 g/mol. The molecule has 1 aromatic carbocycles. The van der Waals surface area contributed by atoms with Crippen LogP contribution in [0.2, 0.25) is 0 Å². The number of thiazole rings is 1. The zero-order chi connectivity index (χ0) is 15.5. The van der Waals surface area contributed by atoms with Gasteiger partial charge in [-0.05, 0) is 24.6 Å². The van der Waals surface area contributed by atoms with Gasteiger partial charge in [-0.15, -0.1) is 20.8 Å². The van der Waals surface area contributed by atoms with E-state index in [4.69, 9.17) is 4.89 Å². The molecule has 2 aromatic rings. The third-order valence-corrected chi connectivity index (χ3v) is 6.02. The Morgan fingerprint density at radius 3 is 2.86 bits per heavy atom. The number of aromatic nitrogens is 1. The van der Waals surface area contributed by atoms with Crippen LogP contribution in [-0.2, 0) is 18.9 Å². The fourth-order valence-corrected chi connectivity index (χ4v) is 4.40. The van der Waals surface area contributed by atoms with E-state index in [1.54, 1.807) is 19.1 Å². The first kappa shape index (κ1) is 16.2. The molecule has 0 amide bonds. The van der Waals surface area contributed by atoms with E-state index in [9.17, 15) is 13.0 Å². The summed E-state index contributed by atoms with van der Waals surface area (Å²) >= 11 is 1.13. The van der Waals surface area contributed by atoms with E-state index in [1.807, 2.05) is 12.1 Å². The molecule has 0 radical (unpaired) electrons. The van der Waals surface area contributed by atoms with Crippen LogP contribution >= 0.6 is 19.6 Å². The second-order valence-electron chi connectivity index (χ2n) is 4.29. The summed E-state index contributed by atoms with van der Waals surface area (Å²) in [6, 6.07) is 7.21. The maximum atomic E-state index is 12.2. The van der Waals surface area contributed by atoms with Crippen molar-refractivity contribution in [2.75, 3.05) is 12.4 Å². The van der Waals surface area contributed by atoms with Crippen molar-refractivity contribution < 1.29 is 22.4 Å². The maximum absolute atomic E-state index is 12.2. The van der Waals surface area contributed by atoms with Gasteiger partial charge in [0.05, 0.1) is 16.0 Å². The van der Waals surface area contributed by atoms with Gasteiger partial charge in [0.25, 0.3) is 0 Å². The topological polar surface area (TPSA) is 93.6 Å². The molecule has 0 bridgehead atoms. The zero-order valence-corrected chi connectivity index (χ0v) is 13.6. The SMILES string of the molecule is CC(=CCS(=O)(=O)c1nc2ccccc2s1)CO[P+](=O)O. The predicted molar refractivity (Wildman–Crippen MR) is 81.2 cm³/mol. The molecule has 2 rings (SSSR count). The number of sulfone groups is 1. The highest BCUT2D eigenvalue weighted by Gasteiger charge is 2.19. The van der Waals surface area contributed by atoms with Crippen LogP contribution in [0.1, 0.15) is 6.92 Å². The lowest BCUT2D eigenvalue weighted by molar-refractivity contribution is 0.305. The highest BCUT2D eigenvalue weighted by molar-refractivity contribution is 7.93. The first-order chi connectivity index (χ1) is 9.88. The molecule has 1 atom stereocenters. The summed E-state index contributed by atoms with van der Waals surface area (Å²) in [6.45, 7) is 1.55. The summed E-state index contributed by atoms with van der Waals surface area (Å²) in [6.07, 6.45) is 1.46. The molecule has 21 heavy (non-hydrogen) atoms. The van der Waals surface area contributed by atoms with Crippen molar-refractivity contribution in [1.29, 1.82) is 0 Å². The minimum absolute atomic E-state index is 0.0712. The lowest BCUT2D eigenvalue weighted by atomic mass is 10.3. The van der Waals surface area contributed by atoms with E-state index in [0.29, 0.717) is 11.1 Å². The van der Waals surface area contributed by atoms with Crippen LogP contribution in [0, 0.1) is 0 Å². The summed E-state index contributed by atoms with van der Waals surface area (Å²) in [5.74, 6) is -0.218. The van der Waals surface area contributed by atoms with Crippen LogP contribution in [0.3, 0.4) is 0 Å². The summed E-state index contributed by atoms with van der Waals surface area (Å²) in [5, 5.41) is 0. The summed E-state index contributed by atoms with van der Waals surface area (Å²) in [7, 11) is -6.20. The number of fused-ring (bicyclic) bond motifs is 1. The fraction of sp³-hybridized carbons (Fsp3) is 0.250. The smallest absolute Gasteiger partial charge is 0.225 e. The van der Waals surface area contributed by atoms with Crippen LogP contribution in [0.4, 0.5) is 0 Å². The van der Waals surface area contributed by atoms with E-state index in [1.165, 1.54) is 6.08 Å². The number of benzene rings is 1. The summed E-state index contributed by atoms with van der Waals surface area (Å²) < 4.78 is 40.2. The first-order valence-corrected chi connectivity index (χ1v) is 9.51. The van der Waals surface area contributed by atoms with Crippen molar-refractivity contribution >= 4 is 39.6 Å². The number of nitrogens with zero attached hydrogens (tertiary/aromatic N) is 1. The van der Waals surface area contributed by atoms with Crippen molar-refractivity contribution in [2.24, 2.45) is 0 Å². The van der Waals surface area contributed by atoms with Gasteiger partial charge in [-0.1, -0.05) is 18.2 Å². The van der Waals surface area contributed by atoms with Gasteiger partial charge in [-0.25, -0.2) is 13.4 Å². The van der Waals surface area contributed by atoms with Crippen molar-refractivity contribution in [2.45, 2.75) is 11.3 Å². The fourth-order valence-electron chi connectivity index (χ4n) is 1.52. The highest BCUT2D eigenvalue weighted by Crippen LogP contribution is 2.26. The minimum Gasteiger partial charge on any atom is -0.225 e. The lowest BCUT2D eigenvalue weighted by Crippen LogP contribution is -2.05. The summed E-state index contributed by atoms with van der Waals surface area (Å²) in [4.78, 5) is 12.6. The number of rotatable bonds is 6. The largest absolute Gasteiger partial charge is 0.695 e. The molecule has 0 saturated carbocycles. The van der Waals surface area contributed by atoms with Gasteiger partial charge in [0.15, 0.2) is 0 Å². The standard InChI is InChI=1S/C12H12NO5PS2/c1-9(8-18-19(14)15)6-7-21(16,17)12-13-10-4-2-3-5-11(10)20-12/h2-6H,7-8H2,1H3/p+1. The molecular weight excluding hydrogens is 333 g/mol. The number of para-hydroxylation sites is 1. The number of hydrogen-bond acceptors (Lipinski definition) is 6. The first-order valence-electron chi connectivity index (χ1n) is 5.91.